The van der Waals surface area contributed by atoms with Gasteiger partial charge in [-0.3, -0.25) is 0 Å². The molecule has 0 atom stereocenters. The van der Waals surface area contributed by atoms with Crippen LogP contribution in [-0.2, 0) is 11.3 Å². The van der Waals surface area contributed by atoms with E-state index < -0.39 is 25.7 Å². The monoisotopic (exact) mass is 493 g/mol. The fourth-order valence-corrected chi connectivity index (χ4v) is 4.51. The average molecular weight is 493 g/mol. The number of ether oxygens (including phenoxy) is 2. The van der Waals surface area contributed by atoms with Crippen LogP contribution in [0.2, 0.25) is 0 Å². The number of methoxy groups -OCH3 is 1. The summed E-state index contributed by atoms with van der Waals surface area (Å²) in [4.78, 5) is 12.2. The highest BCUT2D eigenvalue weighted by Gasteiger charge is 2.25. The van der Waals surface area contributed by atoms with Crippen LogP contribution >= 0.6 is 0 Å². The van der Waals surface area contributed by atoms with Crippen molar-refractivity contribution < 1.29 is 27.0 Å². The second-order valence-electron chi connectivity index (χ2n) is 8.36. The smallest absolute Gasteiger partial charge is 0.345 e. The van der Waals surface area contributed by atoms with Gasteiger partial charge in [-0.05, 0) is 43.4 Å². The number of anilines is 1. The van der Waals surface area contributed by atoms with Gasteiger partial charge in [-0.1, -0.05) is 11.3 Å². The van der Waals surface area contributed by atoms with Crippen molar-refractivity contribution in [1.82, 2.24) is 29.9 Å². The first kappa shape index (κ1) is 23.3. The Balaban J connectivity index is 1.41. The first-order valence-electron chi connectivity index (χ1n) is 11.2. The largest absolute Gasteiger partial charge is 0.480 e. The quantitative estimate of drug-likeness (QED) is 0.346. The molecule has 186 valence electrons. The lowest BCUT2D eigenvalue weighted by Gasteiger charge is -2.28. The van der Waals surface area contributed by atoms with Crippen LogP contribution in [0.3, 0.4) is 0 Å². The Bertz CT molecular complexity index is 1320. The van der Waals surface area contributed by atoms with Crippen LogP contribution < -0.4 is 10.1 Å². The Hall–Kier alpha value is -3.48. The van der Waals surface area contributed by atoms with Gasteiger partial charge in [0, 0.05) is 17.8 Å². The minimum atomic E-state index is -2.76. The van der Waals surface area contributed by atoms with Crippen molar-refractivity contribution in [3.05, 3.63) is 24.4 Å². The summed E-state index contributed by atoms with van der Waals surface area (Å²) in [6.45, 7) is -3.31. The van der Waals surface area contributed by atoms with Crippen molar-refractivity contribution in [3.63, 3.8) is 0 Å². The van der Waals surface area contributed by atoms with E-state index in [4.69, 9.17) is 4.74 Å². The lowest BCUT2D eigenvalue weighted by atomic mass is 9.93. The van der Waals surface area contributed by atoms with E-state index >= 15 is 0 Å². The summed E-state index contributed by atoms with van der Waals surface area (Å²) in [6.07, 6.45) is 1.10. The Morgan fingerprint density at radius 1 is 1.14 bits per heavy atom. The lowest BCUT2D eigenvalue weighted by Crippen LogP contribution is -2.31. The van der Waals surface area contributed by atoms with Gasteiger partial charge < -0.3 is 19.8 Å². The van der Waals surface area contributed by atoms with Gasteiger partial charge in [-0.15, -0.1) is 5.10 Å². The number of aromatic nitrogens is 6. The molecule has 2 N–H and O–H groups in total. The zero-order valence-corrected chi connectivity index (χ0v) is 18.7. The molecule has 3 aromatic heterocycles. The van der Waals surface area contributed by atoms with Gasteiger partial charge in [0.25, 0.3) is 6.43 Å². The zero-order chi connectivity index (χ0) is 24.5. The molecule has 0 bridgehead atoms. The van der Waals surface area contributed by atoms with Gasteiger partial charge in [-0.25, -0.2) is 13.5 Å². The fourth-order valence-electron chi connectivity index (χ4n) is 4.51. The van der Waals surface area contributed by atoms with Crippen LogP contribution in [0.25, 0.3) is 33.2 Å². The molecule has 0 aliphatic heterocycles. The predicted molar refractivity (Wildman–Crippen MR) is 120 cm³/mol. The van der Waals surface area contributed by atoms with Gasteiger partial charge >= 0.3 is 6.61 Å². The summed E-state index contributed by atoms with van der Waals surface area (Å²) in [5.74, 6) is 0.693. The SMILES string of the molecule is COc1nc(N[C@H]2CC[C@@H](OC(F)F)CC2)nc2[nH]cc(-c3ccc4nnn(CC(F)F)c4c3)c12. The van der Waals surface area contributed by atoms with Crippen LogP contribution in [0.1, 0.15) is 25.7 Å². The first-order valence-corrected chi connectivity index (χ1v) is 11.2. The van der Waals surface area contributed by atoms with Crippen LogP contribution in [-0.4, -0.2) is 62.2 Å². The summed E-state index contributed by atoms with van der Waals surface area (Å²) in [5.41, 5.74) is 3.00. The molecule has 1 aromatic carbocycles. The van der Waals surface area contributed by atoms with Gasteiger partial charge in [0.1, 0.15) is 17.7 Å². The van der Waals surface area contributed by atoms with E-state index in [0.29, 0.717) is 59.6 Å². The third-order valence-corrected chi connectivity index (χ3v) is 6.13. The number of nitrogens with one attached hydrogen (secondary N) is 2. The molecule has 1 fully saturated rings. The lowest BCUT2D eigenvalue weighted by molar-refractivity contribution is -0.169. The number of hydrogen-bond acceptors (Lipinski definition) is 7. The van der Waals surface area contributed by atoms with Crippen LogP contribution in [0, 0.1) is 0 Å². The van der Waals surface area contributed by atoms with E-state index in [1.165, 1.54) is 11.8 Å². The van der Waals surface area contributed by atoms with Crippen LogP contribution in [0.15, 0.2) is 24.4 Å². The number of benzene rings is 1. The molecule has 35 heavy (non-hydrogen) atoms. The number of halogens is 4. The van der Waals surface area contributed by atoms with E-state index in [0.717, 1.165) is 11.1 Å². The summed E-state index contributed by atoms with van der Waals surface area (Å²) in [7, 11) is 1.50. The molecule has 1 aliphatic carbocycles. The van der Waals surface area contributed by atoms with Crippen molar-refractivity contribution in [1.29, 1.82) is 0 Å². The molecule has 1 aliphatic rings. The van der Waals surface area contributed by atoms with Gasteiger partial charge in [0.05, 0.1) is 24.1 Å². The second-order valence-corrected chi connectivity index (χ2v) is 8.36. The second kappa shape index (κ2) is 9.64. The Labute approximate surface area is 196 Å². The topological polar surface area (TPSA) is 103 Å². The van der Waals surface area contributed by atoms with Crippen molar-refractivity contribution in [2.75, 3.05) is 12.4 Å². The molecule has 3 heterocycles. The van der Waals surface area contributed by atoms with E-state index in [1.807, 2.05) is 6.07 Å². The standard InChI is InChI=1S/C22H23F4N7O2/c1-34-20-18-14(11-2-7-15-16(8-11)33(32-31-15)10-17(23)24)9-27-19(18)29-22(30-20)28-12-3-5-13(6-4-12)35-21(25)26/h2,7-9,12-13,17,21H,3-6,10H2,1H3,(H2,27,28,29,30)/t12-,13+. The van der Waals surface area contributed by atoms with E-state index in [1.54, 1.807) is 18.3 Å². The maximum atomic E-state index is 12.9. The molecule has 1 saturated carbocycles. The Kier molecular flexibility index (Phi) is 6.41. The molecule has 0 unspecified atom stereocenters. The third-order valence-electron chi connectivity index (χ3n) is 6.13. The maximum absolute atomic E-state index is 12.9. The number of H-pyrrole nitrogens is 1. The molecule has 9 nitrogen and oxygen atoms in total. The van der Waals surface area contributed by atoms with E-state index in [9.17, 15) is 17.6 Å². The predicted octanol–water partition coefficient (Wildman–Crippen LogP) is 4.61. The van der Waals surface area contributed by atoms with E-state index in [2.05, 4.69) is 35.3 Å². The van der Waals surface area contributed by atoms with Gasteiger partial charge in [-0.2, -0.15) is 18.7 Å². The highest BCUT2D eigenvalue weighted by atomic mass is 19.3. The van der Waals surface area contributed by atoms with E-state index in [-0.39, 0.29) is 6.04 Å². The number of nitrogens with zero attached hydrogens (tertiary/aromatic N) is 5. The fraction of sp³-hybridized carbons (Fsp3) is 0.455. The molecule has 0 spiro atoms. The van der Waals surface area contributed by atoms with Gasteiger partial charge in [0.15, 0.2) is 0 Å². The zero-order valence-electron chi connectivity index (χ0n) is 18.7. The number of alkyl halides is 4. The van der Waals surface area contributed by atoms with Crippen molar-refractivity contribution >= 4 is 28.0 Å². The number of aromatic amines is 1. The normalized spacial score (nSPS) is 18.7. The van der Waals surface area contributed by atoms with Crippen molar-refractivity contribution in [3.8, 4) is 17.0 Å². The summed E-state index contributed by atoms with van der Waals surface area (Å²) >= 11 is 0. The Morgan fingerprint density at radius 2 is 1.94 bits per heavy atom. The Morgan fingerprint density at radius 3 is 2.66 bits per heavy atom. The average Bonchev–Trinajstić information content (AvgIpc) is 3.43. The number of rotatable bonds is 8. The number of fused-ring (bicyclic) bond motifs is 2. The minimum absolute atomic E-state index is 0.0224. The van der Waals surface area contributed by atoms with Crippen molar-refractivity contribution in [2.24, 2.45) is 0 Å². The highest BCUT2D eigenvalue weighted by molar-refractivity contribution is 5.99. The minimum Gasteiger partial charge on any atom is -0.480 e. The summed E-state index contributed by atoms with van der Waals surface area (Å²) in [6, 6.07) is 5.30. The molecule has 13 heteroatoms. The first-order chi connectivity index (χ1) is 16.9. The summed E-state index contributed by atoms with van der Waals surface area (Å²) < 4.78 is 62.0. The molecule has 5 rings (SSSR count). The molecular formula is C22H23F4N7O2. The highest BCUT2D eigenvalue weighted by Crippen LogP contribution is 2.36. The van der Waals surface area contributed by atoms with Gasteiger partial charge in [0.2, 0.25) is 11.8 Å². The molecule has 0 amide bonds. The molecular weight excluding hydrogens is 470 g/mol. The summed E-state index contributed by atoms with van der Waals surface area (Å²) in [5, 5.41) is 11.7. The van der Waals surface area contributed by atoms with Crippen molar-refractivity contribution in [2.45, 2.75) is 57.4 Å². The maximum Gasteiger partial charge on any atom is 0.345 e. The molecule has 4 aromatic rings. The van der Waals surface area contributed by atoms with Crippen LogP contribution in [0.4, 0.5) is 23.5 Å². The molecule has 0 saturated heterocycles. The molecule has 0 radical (unpaired) electrons. The van der Waals surface area contributed by atoms with Crippen LogP contribution in [0.5, 0.6) is 5.88 Å². The third kappa shape index (κ3) is 4.85. The number of hydrogen-bond donors (Lipinski definition) is 2.